The Morgan fingerprint density at radius 3 is 2.94 bits per heavy atom. The van der Waals surface area contributed by atoms with Gasteiger partial charge in [-0.15, -0.1) is 0 Å². The van der Waals surface area contributed by atoms with Crippen molar-refractivity contribution in [2.75, 3.05) is 6.54 Å². The molecule has 96 valence electrons. The largest absolute Gasteiger partial charge is 0.325 e. The number of fused-ring (bicyclic) bond motifs is 1. The lowest BCUT2D eigenvalue weighted by atomic mass is 9.85. The van der Waals surface area contributed by atoms with Gasteiger partial charge in [0.2, 0.25) is 0 Å². The fourth-order valence-corrected chi connectivity index (χ4v) is 2.41. The average molecular weight is 244 g/mol. The predicted molar refractivity (Wildman–Crippen MR) is 72.1 cm³/mol. The monoisotopic (exact) mass is 244 g/mol. The van der Waals surface area contributed by atoms with E-state index in [1.165, 1.54) is 24.8 Å². The second-order valence-electron chi connectivity index (χ2n) is 5.17. The number of aromatic nitrogens is 2. The van der Waals surface area contributed by atoms with Crippen molar-refractivity contribution in [3.8, 4) is 0 Å². The quantitative estimate of drug-likeness (QED) is 0.841. The molecule has 0 amide bonds. The van der Waals surface area contributed by atoms with Crippen molar-refractivity contribution in [1.82, 2.24) is 14.7 Å². The molecule has 2 aromatic heterocycles. The molecule has 0 unspecified atom stereocenters. The van der Waals surface area contributed by atoms with Crippen LogP contribution < -0.4 is 11.1 Å². The van der Waals surface area contributed by atoms with Gasteiger partial charge in [-0.2, -0.15) is 0 Å². The van der Waals surface area contributed by atoms with E-state index >= 15 is 0 Å². The molecule has 1 aliphatic carbocycles. The summed E-state index contributed by atoms with van der Waals surface area (Å²) in [4.78, 5) is 4.42. The van der Waals surface area contributed by atoms with Gasteiger partial charge in [0.05, 0.1) is 5.69 Å². The summed E-state index contributed by atoms with van der Waals surface area (Å²) in [5, 5.41) is 3.53. The zero-order chi connectivity index (χ0) is 12.4. The maximum atomic E-state index is 5.60. The summed E-state index contributed by atoms with van der Waals surface area (Å²) >= 11 is 0. The van der Waals surface area contributed by atoms with Gasteiger partial charge in [0.25, 0.3) is 0 Å². The first-order valence-corrected chi connectivity index (χ1v) is 6.72. The lowest BCUT2D eigenvalue weighted by Gasteiger charge is -2.25. The molecule has 0 aliphatic heterocycles. The zero-order valence-electron chi connectivity index (χ0n) is 10.6. The lowest BCUT2D eigenvalue weighted by molar-refractivity contribution is 0.301. The number of imidazole rings is 1. The van der Waals surface area contributed by atoms with Crippen LogP contribution in [0.1, 0.15) is 30.5 Å². The fourth-order valence-electron chi connectivity index (χ4n) is 2.41. The molecule has 0 saturated heterocycles. The zero-order valence-corrected chi connectivity index (χ0v) is 10.6. The molecule has 1 fully saturated rings. The molecular weight excluding hydrogens is 224 g/mol. The molecule has 18 heavy (non-hydrogen) atoms. The van der Waals surface area contributed by atoms with Gasteiger partial charge in [0.15, 0.2) is 0 Å². The third-order valence-corrected chi connectivity index (χ3v) is 3.76. The number of pyridine rings is 1. The summed E-state index contributed by atoms with van der Waals surface area (Å²) in [6.07, 6.45) is 8.34. The number of hydrogen-bond acceptors (Lipinski definition) is 3. The number of nitrogens with one attached hydrogen (secondary N) is 1. The van der Waals surface area contributed by atoms with Gasteiger partial charge in [-0.1, -0.05) is 12.5 Å². The first-order chi connectivity index (χ1) is 8.85. The minimum absolute atomic E-state index is 0.497. The van der Waals surface area contributed by atoms with Crippen LogP contribution in [-0.2, 0) is 13.1 Å². The summed E-state index contributed by atoms with van der Waals surface area (Å²) in [5.41, 5.74) is 8.80. The number of nitrogens with zero attached hydrogens (tertiary/aromatic N) is 2. The maximum Gasteiger partial charge on any atom is 0.137 e. The molecule has 4 nitrogen and oxygen atoms in total. The van der Waals surface area contributed by atoms with Gasteiger partial charge in [-0.25, -0.2) is 4.98 Å². The molecule has 4 heteroatoms. The van der Waals surface area contributed by atoms with Gasteiger partial charge >= 0.3 is 0 Å². The van der Waals surface area contributed by atoms with Crippen LogP contribution in [0.5, 0.6) is 0 Å². The Morgan fingerprint density at radius 2 is 2.22 bits per heavy atom. The molecule has 1 saturated carbocycles. The van der Waals surface area contributed by atoms with Gasteiger partial charge in [-0.3, -0.25) is 0 Å². The summed E-state index contributed by atoms with van der Waals surface area (Å²) in [6, 6.07) is 4.19. The van der Waals surface area contributed by atoms with Gasteiger partial charge in [0, 0.05) is 25.5 Å². The standard InChI is InChI=1S/C14H20N4/c15-6-13-10-18-9-12(4-5-14(18)17-13)8-16-7-11-2-1-3-11/h4-5,9-11,16H,1-3,6-8,15H2. The third-order valence-electron chi connectivity index (χ3n) is 3.76. The van der Waals surface area contributed by atoms with Crippen LogP contribution in [0.3, 0.4) is 0 Å². The highest BCUT2D eigenvalue weighted by atomic mass is 15.0. The minimum atomic E-state index is 0.497. The smallest absolute Gasteiger partial charge is 0.137 e. The molecule has 0 spiro atoms. The summed E-state index contributed by atoms with van der Waals surface area (Å²) in [5.74, 6) is 0.908. The van der Waals surface area contributed by atoms with E-state index in [4.69, 9.17) is 5.73 Å². The van der Waals surface area contributed by atoms with E-state index in [1.54, 1.807) is 0 Å². The maximum absolute atomic E-state index is 5.60. The Kier molecular flexibility index (Phi) is 3.30. The number of nitrogens with two attached hydrogens (primary N) is 1. The highest BCUT2D eigenvalue weighted by Crippen LogP contribution is 2.25. The molecule has 0 atom stereocenters. The Morgan fingerprint density at radius 1 is 1.33 bits per heavy atom. The molecular formula is C14H20N4. The van der Waals surface area contributed by atoms with Crippen LogP contribution in [-0.4, -0.2) is 15.9 Å². The van der Waals surface area contributed by atoms with Gasteiger partial charge in [0.1, 0.15) is 5.65 Å². The lowest BCUT2D eigenvalue weighted by Crippen LogP contribution is -2.26. The van der Waals surface area contributed by atoms with Crippen LogP contribution in [0.25, 0.3) is 5.65 Å². The predicted octanol–water partition coefficient (Wildman–Crippen LogP) is 1.68. The Balaban J connectivity index is 1.64. The number of hydrogen-bond donors (Lipinski definition) is 2. The first kappa shape index (κ1) is 11.7. The van der Waals surface area contributed by atoms with E-state index in [0.717, 1.165) is 30.3 Å². The van der Waals surface area contributed by atoms with Crippen molar-refractivity contribution >= 4 is 5.65 Å². The van der Waals surface area contributed by atoms with Crippen molar-refractivity contribution in [3.63, 3.8) is 0 Å². The second-order valence-corrected chi connectivity index (χ2v) is 5.17. The van der Waals surface area contributed by atoms with E-state index in [0.29, 0.717) is 6.54 Å². The van der Waals surface area contributed by atoms with Gasteiger partial charge in [-0.05, 0) is 36.9 Å². The van der Waals surface area contributed by atoms with Crippen molar-refractivity contribution in [2.24, 2.45) is 11.7 Å². The normalized spacial score (nSPS) is 16.1. The summed E-state index contributed by atoms with van der Waals surface area (Å²) < 4.78 is 2.06. The van der Waals surface area contributed by atoms with E-state index in [-0.39, 0.29) is 0 Å². The van der Waals surface area contributed by atoms with Gasteiger partial charge < -0.3 is 15.5 Å². The summed E-state index contributed by atoms with van der Waals surface area (Å²) in [6.45, 7) is 2.58. The fraction of sp³-hybridized carbons (Fsp3) is 0.500. The Bertz CT molecular complexity index is 528. The Labute approximate surface area is 107 Å². The molecule has 2 aromatic rings. The van der Waals surface area contributed by atoms with Crippen molar-refractivity contribution in [2.45, 2.75) is 32.4 Å². The van der Waals surface area contributed by atoms with Crippen LogP contribution in [0.4, 0.5) is 0 Å². The van der Waals surface area contributed by atoms with Crippen molar-refractivity contribution in [3.05, 3.63) is 35.8 Å². The molecule has 3 N–H and O–H groups in total. The molecule has 0 aromatic carbocycles. The number of rotatable bonds is 5. The van der Waals surface area contributed by atoms with Crippen LogP contribution >= 0.6 is 0 Å². The van der Waals surface area contributed by atoms with Crippen LogP contribution in [0.2, 0.25) is 0 Å². The molecule has 2 heterocycles. The van der Waals surface area contributed by atoms with Crippen molar-refractivity contribution in [1.29, 1.82) is 0 Å². The highest BCUT2D eigenvalue weighted by molar-refractivity contribution is 5.41. The average Bonchev–Trinajstić information content (AvgIpc) is 2.74. The molecule has 3 rings (SSSR count). The molecule has 0 bridgehead atoms. The van der Waals surface area contributed by atoms with E-state index in [9.17, 15) is 0 Å². The minimum Gasteiger partial charge on any atom is -0.325 e. The van der Waals surface area contributed by atoms with E-state index < -0.39 is 0 Å². The van der Waals surface area contributed by atoms with E-state index in [2.05, 4.69) is 33.0 Å². The first-order valence-electron chi connectivity index (χ1n) is 6.72. The Hall–Kier alpha value is -1.39. The SMILES string of the molecule is NCc1cn2cc(CNCC3CCC3)ccc2n1. The summed E-state index contributed by atoms with van der Waals surface area (Å²) in [7, 11) is 0. The van der Waals surface area contributed by atoms with E-state index in [1.807, 2.05) is 6.20 Å². The topological polar surface area (TPSA) is 55.4 Å². The second kappa shape index (κ2) is 5.08. The third kappa shape index (κ3) is 2.40. The van der Waals surface area contributed by atoms with Crippen LogP contribution in [0.15, 0.2) is 24.5 Å². The molecule has 1 aliphatic rings. The van der Waals surface area contributed by atoms with Crippen LogP contribution in [0, 0.1) is 5.92 Å². The molecule has 0 radical (unpaired) electrons. The highest BCUT2D eigenvalue weighted by Gasteiger charge is 2.16. The van der Waals surface area contributed by atoms with Crippen molar-refractivity contribution < 1.29 is 0 Å².